The molecule has 0 radical (unpaired) electrons. The molecule has 0 aliphatic heterocycles. The molecule has 20 heavy (non-hydrogen) atoms. The van der Waals surface area contributed by atoms with Crippen molar-refractivity contribution < 1.29 is 9.50 Å². The molecule has 2 rings (SSSR count). The Kier molecular flexibility index (Phi) is 4.99. The average Bonchev–Trinajstić information content (AvgIpc) is 2.38. The molecule has 0 aliphatic carbocycles. The summed E-state index contributed by atoms with van der Waals surface area (Å²) in [4.78, 5) is 0. The van der Waals surface area contributed by atoms with Crippen molar-refractivity contribution in [1.82, 2.24) is 0 Å². The van der Waals surface area contributed by atoms with Gasteiger partial charge in [-0.1, -0.05) is 50.1 Å². The number of hydrogen-bond donors (Lipinski definition) is 1. The van der Waals surface area contributed by atoms with Crippen LogP contribution in [0.1, 0.15) is 28.4 Å². The standard InChI is InChI=1S/C16H15Br2FO/c1-9-5-12(6-10(2)16(9)18)15(20)7-11-3-4-13(17)8-14(11)19/h3-6,8,15,20H,7H2,1-2H3. The summed E-state index contributed by atoms with van der Waals surface area (Å²) >= 11 is 6.73. The van der Waals surface area contributed by atoms with Gasteiger partial charge < -0.3 is 5.11 Å². The van der Waals surface area contributed by atoms with Gasteiger partial charge in [-0.3, -0.25) is 0 Å². The monoisotopic (exact) mass is 400 g/mol. The normalized spacial score (nSPS) is 12.5. The van der Waals surface area contributed by atoms with Crippen molar-refractivity contribution in [3.8, 4) is 0 Å². The molecule has 1 atom stereocenters. The molecule has 0 saturated heterocycles. The summed E-state index contributed by atoms with van der Waals surface area (Å²) in [7, 11) is 0. The minimum Gasteiger partial charge on any atom is -0.388 e. The van der Waals surface area contributed by atoms with Gasteiger partial charge in [0.2, 0.25) is 0 Å². The zero-order valence-corrected chi connectivity index (χ0v) is 14.4. The van der Waals surface area contributed by atoms with Gasteiger partial charge in [0.25, 0.3) is 0 Å². The molecule has 4 heteroatoms. The molecule has 0 aromatic heterocycles. The molecule has 0 saturated carbocycles. The van der Waals surface area contributed by atoms with E-state index in [0.717, 1.165) is 21.2 Å². The molecule has 0 bridgehead atoms. The van der Waals surface area contributed by atoms with Gasteiger partial charge in [0.05, 0.1) is 6.10 Å². The summed E-state index contributed by atoms with van der Waals surface area (Å²) in [5, 5.41) is 10.3. The van der Waals surface area contributed by atoms with E-state index >= 15 is 0 Å². The van der Waals surface area contributed by atoms with Crippen LogP contribution in [-0.4, -0.2) is 5.11 Å². The van der Waals surface area contributed by atoms with Crippen molar-refractivity contribution in [3.63, 3.8) is 0 Å². The van der Waals surface area contributed by atoms with Crippen LogP contribution in [0.15, 0.2) is 39.3 Å². The van der Waals surface area contributed by atoms with Crippen molar-refractivity contribution in [2.45, 2.75) is 26.4 Å². The van der Waals surface area contributed by atoms with Gasteiger partial charge in [0, 0.05) is 15.4 Å². The second kappa shape index (κ2) is 6.37. The number of halogens is 3. The van der Waals surface area contributed by atoms with Gasteiger partial charge in [-0.2, -0.15) is 0 Å². The molecule has 2 aromatic carbocycles. The van der Waals surface area contributed by atoms with E-state index in [4.69, 9.17) is 0 Å². The first-order chi connectivity index (χ1) is 9.38. The van der Waals surface area contributed by atoms with Crippen molar-refractivity contribution in [2.24, 2.45) is 0 Å². The highest BCUT2D eigenvalue weighted by Crippen LogP contribution is 2.28. The summed E-state index contributed by atoms with van der Waals surface area (Å²) in [6.45, 7) is 3.96. The Bertz CT molecular complexity index is 617. The summed E-state index contributed by atoms with van der Waals surface area (Å²) in [5.74, 6) is -0.302. The molecular weight excluding hydrogens is 387 g/mol. The maximum atomic E-state index is 13.8. The maximum Gasteiger partial charge on any atom is 0.127 e. The van der Waals surface area contributed by atoms with Gasteiger partial charge in [-0.05, 0) is 48.2 Å². The molecule has 0 spiro atoms. The van der Waals surface area contributed by atoms with E-state index in [1.165, 1.54) is 6.07 Å². The number of rotatable bonds is 3. The Morgan fingerprint density at radius 2 is 1.70 bits per heavy atom. The molecule has 106 valence electrons. The van der Waals surface area contributed by atoms with Gasteiger partial charge in [0.1, 0.15) is 5.82 Å². The molecular formula is C16H15Br2FO. The maximum absolute atomic E-state index is 13.8. The first-order valence-electron chi connectivity index (χ1n) is 6.27. The summed E-state index contributed by atoms with van der Waals surface area (Å²) in [6.07, 6.45) is -0.448. The Hall–Kier alpha value is -0.710. The first-order valence-corrected chi connectivity index (χ1v) is 7.85. The van der Waals surface area contributed by atoms with Crippen LogP contribution in [0, 0.1) is 19.7 Å². The predicted octanol–water partition coefficient (Wildman–Crippen LogP) is 5.24. The molecule has 1 unspecified atom stereocenters. The smallest absolute Gasteiger partial charge is 0.127 e. The predicted molar refractivity (Wildman–Crippen MR) is 86.4 cm³/mol. The number of benzene rings is 2. The number of aliphatic hydroxyl groups excluding tert-OH is 1. The van der Waals surface area contributed by atoms with E-state index in [1.807, 2.05) is 26.0 Å². The zero-order valence-electron chi connectivity index (χ0n) is 11.3. The third-order valence-electron chi connectivity index (χ3n) is 3.27. The summed E-state index contributed by atoms with van der Waals surface area (Å²) in [6, 6.07) is 8.75. The number of aryl methyl sites for hydroxylation is 2. The SMILES string of the molecule is Cc1cc(C(O)Cc2ccc(Br)cc2F)cc(C)c1Br. The lowest BCUT2D eigenvalue weighted by Crippen LogP contribution is -2.04. The van der Waals surface area contributed by atoms with E-state index in [9.17, 15) is 9.50 Å². The topological polar surface area (TPSA) is 20.2 Å². The minimum atomic E-state index is -0.712. The largest absolute Gasteiger partial charge is 0.388 e. The second-order valence-electron chi connectivity index (χ2n) is 4.92. The van der Waals surface area contributed by atoms with E-state index < -0.39 is 6.10 Å². The summed E-state index contributed by atoms with van der Waals surface area (Å²) < 4.78 is 15.5. The van der Waals surface area contributed by atoms with Crippen LogP contribution in [-0.2, 0) is 6.42 Å². The Morgan fingerprint density at radius 1 is 1.10 bits per heavy atom. The molecule has 1 nitrogen and oxygen atoms in total. The van der Waals surface area contributed by atoms with Crippen LogP contribution in [0.2, 0.25) is 0 Å². The van der Waals surface area contributed by atoms with E-state index in [0.29, 0.717) is 10.0 Å². The van der Waals surface area contributed by atoms with Gasteiger partial charge >= 0.3 is 0 Å². The highest BCUT2D eigenvalue weighted by molar-refractivity contribution is 9.10. The van der Waals surface area contributed by atoms with E-state index in [1.54, 1.807) is 12.1 Å². The molecule has 2 aromatic rings. The number of aliphatic hydroxyl groups is 1. The van der Waals surface area contributed by atoms with Gasteiger partial charge in [-0.15, -0.1) is 0 Å². The molecule has 0 aliphatic rings. The fourth-order valence-electron chi connectivity index (χ4n) is 2.19. The lowest BCUT2D eigenvalue weighted by molar-refractivity contribution is 0.177. The lowest BCUT2D eigenvalue weighted by Gasteiger charge is -2.15. The quantitative estimate of drug-likeness (QED) is 0.745. The van der Waals surface area contributed by atoms with Crippen molar-refractivity contribution in [2.75, 3.05) is 0 Å². The Balaban J connectivity index is 2.26. The van der Waals surface area contributed by atoms with Gasteiger partial charge in [0.15, 0.2) is 0 Å². The molecule has 1 N–H and O–H groups in total. The van der Waals surface area contributed by atoms with Crippen molar-refractivity contribution in [3.05, 3.63) is 67.3 Å². The number of hydrogen-bond acceptors (Lipinski definition) is 1. The van der Waals surface area contributed by atoms with Crippen molar-refractivity contribution in [1.29, 1.82) is 0 Å². The van der Waals surface area contributed by atoms with Gasteiger partial charge in [-0.25, -0.2) is 4.39 Å². The average molecular weight is 402 g/mol. The van der Waals surface area contributed by atoms with Crippen LogP contribution in [0.4, 0.5) is 4.39 Å². The summed E-state index contributed by atoms with van der Waals surface area (Å²) in [5.41, 5.74) is 3.45. The van der Waals surface area contributed by atoms with E-state index in [-0.39, 0.29) is 12.2 Å². The highest BCUT2D eigenvalue weighted by Gasteiger charge is 2.14. The zero-order chi connectivity index (χ0) is 14.9. The third-order valence-corrected chi connectivity index (χ3v) is 5.02. The van der Waals surface area contributed by atoms with Crippen molar-refractivity contribution >= 4 is 31.9 Å². The van der Waals surface area contributed by atoms with Crippen LogP contribution in [0.5, 0.6) is 0 Å². The minimum absolute atomic E-state index is 0.264. The molecule has 0 heterocycles. The van der Waals surface area contributed by atoms with Crippen LogP contribution >= 0.6 is 31.9 Å². The van der Waals surface area contributed by atoms with E-state index in [2.05, 4.69) is 31.9 Å². The first kappa shape index (κ1) is 15.7. The fraction of sp³-hybridized carbons (Fsp3) is 0.250. The molecule has 0 fully saturated rings. The second-order valence-corrected chi connectivity index (χ2v) is 6.63. The highest BCUT2D eigenvalue weighted by atomic mass is 79.9. The Morgan fingerprint density at radius 3 is 2.25 bits per heavy atom. The van der Waals surface area contributed by atoms with Crippen LogP contribution < -0.4 is 0 Å². The lowest BCUT2D eigenvalue weighted by atomic mass is 9.98. The molecule has 0 amide bonds. The van der Waals surface area contributed by atoms with Crippen LogP contribution in [0.3, 0.4) is 0 Å². The fourth-order valence-corrected chi connectivity index (χ4v) is 2.75. The Labute approximate surface area is 135 Å². The third kappa shape index (κ3) is 3.48. The van der Waals surface area contributed by atoms with Crippen LogP contribution in [0.25, 0.3) is 0 Å².